The number of nitrogens with zero attached hydrogens (tertiary/aromatic N) is 2. The first kappa shape index (κ1) is 12.4. The zero-order valence-corrected chi connectivity index (χ0v) is 8.67. The second kappa shape index (κ2) is 4.48. The van der Waals surface area contributed by atoms with Gasteiger partial charge in [0, 0.05) is 26.5 Å². The number of hydrazine groups is 1. The SMILES string of the molecule is CN(C)NC(=O)c1cnccc1C(F)(F)F. The fourth-order valence-corrected chi connectivity index (χ4v) is 1.09. The van der Waals surface area contributed by atoms with E-state index in [1.807, 2.05) is 0 Å². The first-order valence-electron chi connectivity index (χ1n) is 4.32. The van der Waals surface area contributed by atoms with Crippen LogP contribution in [0.3, 0.4) is 0 Å². The minimum Gasteiger partial charge on any atom is -0.285 e. The van der Waals surface area contributed by atoms with Crippen LogP contribution in [0.1, 0.15) is 15.9 Å². The van der Waals surface area contributed by atoms with E-state index in [-0.39, 0.29) is 0 Å². The summed E-state index contributed by atoms with van der Waals surface area (Å²) in [6.45, 7) is 0. The van der Waals surface area contributed by atoms with Crippen molar-refractivity contribution in [3.8, 4) is 0 Å². The van der Waals surface area contributed by atoms with Crippen LogP contribution >= 0.6 is 0 Å². The van der Waals surface area contributed by atoms with Crippen LogP contribution in [-0.2, 0) is 6.18 Å². The Morgan fingerprint density at radius 3 is 2.56 bits per heavy atom. The van der Waals surface area contributed by atoms with E-state index in [0.717, 1.165) is 18.5 Å². The van der Waals surface area contributed by atoms with E-state index in [0.29, 0.717) is 0 Å². The molecule has 0 aliphatic heterocycles. The smallest absolute Gasteiger partial charge is 0.285 e. The molecule has 0 saturated heterocycles. The van der Waals surface area contributed by atoms with Crippen molar-refractivity contribution >= 4 is 5.91 Å². The average Bonchev–Trinajstić information content (AvgIpc) is 2.15. The molecule has 0 saturated carbocycles. The number of pyridine rings is 1. The zero-order chi connectivity index (χ0) is 12.3. The lowest BCUT2D eigenvalue weighted by Crippen LogP contribution is -2.37. The third kappa shape index (κ3) is 2.93. The standard InChI is InChI=1S/C9H10F3N3O/c1-15(2)14-8(16)6-5-13-4-3-7(6)9(10,11)12/h3-5H,1-2H3,(H,14,16). The molecule has 1 amide bonds. The fraction of sp³-hybridized carbons (Fsp3) is 0.333. The van der Waals surface area contributed by atoms with Gasteiger partial charge in [0.2, 0.25) is 0 Å². The summed E-state index contributed by atoms with van der Waals surface area (Å²) in [5, 5.41) is 1.26. The molecule has 1 aromatic heterocycles. The molecule has 0 radical (unpaired) electrons. The van der Waals surface area contributed by atoms with Crippen molar-refractivity contribution in [2.45, 2.75) is 6.18 Å². The lowest BCUT2D eigenvalue weighted by Gasteiger charge is -2.15. The average molecular weight is 233 g/mol. The third-order valence-electron chi connectivity index (χ3n) is 1.70. The molecule has 0 aromatic carbocycles. The maximum Gasteiger partial charge on any atom is 0.417 e. The van der Waals surface area contributed by atoms with Crippen LogP contribution in [-0.4, -0.2) is 30.0 Å². The largest absolute Gasteiger partial charge is 0.417 e. The molecule has 1 N–H and O–H groups in total. The highest BCUT2D eigenvalue weighted by atomic mass is 19.4. The molecular weight excluding hydrogens is 223 g/mol. The molecule has 0 bridgehead atoms. The Bertz CT molecular complexity index is 390. The number of nitrogens with one attached hydrogen (secondary N) is 1. The van der Waals surface area contributed by atoms with Gasteiger partial charge in [-0.2, -0.15) is 13.2 Å². The highest BCUT2D eigenvalue weighted by molar-refractivity contribution is 5.95. The van der Waals surface area contributed by atoms with E-state index in [1.165, 1.54) is 19.1 Å². The zero-order valence-electron chi connectivity index (χ0n) is 8.67. The molecule has 4 nitrogen and oxygen atoms in total. The Labute approximate surface area is 90.0 Å². The number of carbonyl (C=O) groups is 1. The molecule has 0 aliphatic rings. The summed E-state index contributed by atoms with van der Waals surface area (Å²) >= 11 is 0. The van der Waals surface area contributed by atoms with E-state index < -0.39 is 23.2 Å². The first-order valence-corrected chi connectivity index (χ1v) is 4.32. The number of halogens is 3. The van der Waals surface area contributed by atoms with Crippen molar-refractivity contribution < 1.29 is 18.0 Å². The number of hydrogen-bond donors (Lipinski definition) is 1. The van der Waals surface area contributed by atoms with Gasteiger partial charge in [-0.3, -0.25) is 15.2 Å². The van der Waals surface area contributed by atoms with Gasteiger partial charge in [0.05, 0.1) is 11.1 Å². The Kier molecular flexibility index (Phi) is 3.48. The Balaban J connectivity index is 3.09. The molecule has 1 aromatic rings. The topological polar surface area (TPSA) is 45.2 Å². The second-order valence-corrected chi connectivity index (χ2v) is 3.25. The summed E-state index contributed by atoms with van der Waals surface area (Å²) in [4.78, 5) is 14.9. The van der Waals surface area contributed by atoms with Crippen LogP contribution < -0.4 is 5.43 Å². The molecule has 0 fully saturated rings. The lowest BCUT2D eigenvalue weighted by atomic mass is 10.1. The van der Waals surface area contributed by atoms with Crippen molar-refractivity contribution in [3.63, 3.8) is 0 Å². The van der Waals surface area contributed by atoms with Crippen molar-refractivity contribution in [1.29, 1.82) is 0 Å². The molecule has 1 heterocycles. The molecule has 0 spiro atoms. The van der Waals surface area contributed by atoms with Crippen LogP contribution in [0.5, 0.6) is 0 Å². The summed E-state index contributed by atoms with van der Waals surface area (Å²) in [6, 6.07) is 0.768. The fourth-order valence-electron chi connectivity index (χ4n) is 1.09. The van der Waals surface area contributed by atoms with Crippen LogP contribution in [0.15, 0.2) is 18.5 Å². The predicted octanol–water partition coefficient (Wildman–Crippen LogP) is 1.31. The lowest BCUT2D eigenvalue weighted by molar-refractivity contribution is -0.138. The van der Waals surface area contributed by atoms with E-state index in [1.54, 1.807) is 0 Å². The van der Waals surface area contributed by atoms with Crippen molar-refractivity contribution in [2.75, 3.05) is 14.1 Å². The van der Waals surface area contributed by atoms with Crippen LogP contribution in [0, 0.1) is 0 Å². The number of rotatable bonds is 2. The molecular formula is C9H10F3N3O. The van der Waals surface area contributed by atoms with E-state index >= 15 is 0 Å². The van der Waals surface area contributed by atoms with Crippen LogP contribution in [0.4, 0.5) is 13.2 Å². The highest BCUT2D eigenvalue weighted by Gasteiger charge is 2.35. The van der Waals surface area contributed by atoms with E-state index in [9.17, 15) is 18.0 Å². The quantitative estimate of drug-likeness (QED) is 0.783. The molecule has 1 rings (SSSR count). The monoisotopic (exact) mass is 233 g/mol. The van der Waals surface area contributed by atoms with Crippen LogP contribution in [0.25, 0.3) is 0 Å². The summed E-state index contributed by atoms with van der Waals surface area (Å²) in [6.07, 6.45) is -2.68. The Hall–Kier alpha value is -1.63. The van der Waals surface area contributed by atoms with Crippen molar-refractivity contribution in [3.05, 3.63) is 29.6 Å². The number of amides is 1. The van der Waals surface area contributed by atoms with Gasteiger partial charge >= 0.3 is 6.18 Å². The molecule has 88 valence electrons. The van der Waals surface area contributed by atoms with Gasteiger partial charge in [-0.1, -0.05) is 0 Å². The normalized spacial score (nSPS) is 11.6. The van der Waals surface area contributed by atoms with Gasteiger partial charge in [0.25, 0.3) is 5.91 Å². The van der Waals surface area contributed by atoms with Crippen molar-refractivity contribution in [1.82, 2.24) is 15.4 Å². The maximum atomic E-state index is 12.5. The summed E-state index contributed by atoms with van der Waals surface area (Å²) in [5.74, 6) is -0.842. The summed E-state index contributed by atoms with van der Waals surface area (Å²) in [5.41, 5.74) is 0.731. The molecule has 16 heavy (non-hydrogen) atoms. The van der Waals surface area contributed by atoms with Gasteiger partial charge in [-0.05, 0) is 6.07 Å². The minimum atomic E-state index is -4.57. The van der Waals surface area contributed by atoms with Gasteiger partial charge in [-0.25, -0.2) is 5.01 Å². The van der Waals surface area contributed by atoms with Gasteiger partial charge in [-0.15, -0.1) is 0 Å². The second-order valence-electron chi connectivity index (χ2n) is 3.25. The number of alkyl halides is 3. The first-order chi connectivity index (χ1) is 7.32. The number of aromatic nitrogens is 1. The van der Waals surface area contributed by atoms with Gasteiger partial charge in [0.15, 0.2) is 0 Å². The minimum absolute atomic E-state index is 0.497. The third-order valence-corrected chi connectivity index (χ3v) is 1.70. The Morgan fingerprint density at radius 2 is 2.06 bits per heavy atom. The summed E-state index contributed by atoms with van der Waals surface area (Å²) < 4.78 is 37.6. The van der Waals surface area contributed by atoms with Gasteiger partial charge in [0.1, 0.15) is 0 Å². The predicted molar refractivity (Wildman–Crippen MR) is 50.4 cm³/mol. The summed E-state index contributed by atoms with van der Waals surface area (Å²) in [7, 11) is 3.00. The highest BCUT2D eigenvalue weighted by Crippen LogP contribution is 2.31. The van der Waals surface area contributed by atoms with Crippen molar-refractivity contribution in [2.24, 2.45) is 0 Å². The van der Waals surface area contributed by atoms with Crippen LogP contribution in [0.2, 0.25) is 0 Å². The molecule has 0 unspecified atom stereocenters. The Morgan fingerprint density at radius 1 is 1.44 bits per heavy atom. The van der Waals surface area contributed by atoms with E-state index in [2.05, 4.69) is 10.4 Å². The molecule has 0 aliphatic carbocycles. The van der Waals surface area contributed by atoms with E-state index in [4.69, 9.17) is 0 Å². The number of carbonyl (C=O) groups excluding carboxylic acids is 1. The molecule has 0 atom stereocenters. The number of hydrogen-bond acceptors (Lipinski definition) is 3. The molecule has 7 heteroatoms. The van der Waals surface area contributed by atoms with Gasteiger partial charge < -0.3 is 0 Å². The maximum absolute atomic E-state index is 12.5.